The summed E-state index contributed by atoms with van der Waals surface area (Å²) in [6.45, 7) is 1.95. The van der Waals surface area contributed by atoms with Gasteiger partial charge in [-0.25, -0.2) is 4.98 Å². The van der Waals surface area contributed by atoms with Crippen molar-refractivity contribution in [3.8, 4) is 0 Å². The molecule has 0 aliphatic carbocycles. The molecule has 4 rings (SSSR count). The molecule has 0 radical (unpaired) electrons. The van der Waals surface area contributed by atoms with Crippen molar-refractivity contribution in [2.24, 2.45) is 7.05 Å². The predicted octanol–water partition coefficient (Wildman–Crippen LogP) is 4.64. The molecule has 2 heterocycles. The van der Waals surface area contributed by atoms with E-state index in [1.165, 1.54) is 0 Å². The maximum absolute atomic E-state index is 12.4. The second-order valence-corrected chi connectivity index (χ2v) is 6.58. The van der Waals surface area contributed by atoms with Crippen LogP contribution in [0.1, 0.15) is 16.4 Å². The lowest BCUT2D eigenvalue weighted by Gasteiger charge is -2.03. The van der Waals surface area contributed by atoms with Crippen LogP contribution in [0.15, 0.2) is 51.4 Å². The molecule has 120 valence electrons. The highest BCUT2D eigenvalue weighted by Crippen LogP contribution is 2.25. The van der Waals surface area contributed by atoms with Gasteiger partial charge in [-0.15, -0.1) is 0 Å². The summed E-state index contributed by atoms with van der Waals surface area (Å²) in [4.78, 5) is 16.9. The fourth-order valence-corrected chi connectivity index (χ4v) is 3.05. The molecule has 0 saturated heterocycles. The summed E-state index contributed by atoms with van der Waals surface area (Å²) in [5.41, 5.74) is 3.23. The van der Waals surface area contributed by atoms with E-state index in [-0.39, 0.29) is 11.7 Å². The summed E-state index contributed by atoms with van der Waals surface area (Å²) in [6.07, 6.45) is 0. The van der Waals surface area contributed by atoms with Gasteiger partial charge in [-0.3, -0.25) is 4.79 Å². The van der Waals surface area contributed by atoms with E-state index in [0.717, 1.165) is 26.7 Å². The number of hydrogen-bond acceptors (Lipinski definition) is 3. The molecule has 0 spiro atoms. The predicted molar refractivity (Wildman–Crippen MR) is 97.3 cm³/mol. The molecule has 0 atom stereocenters. The first-order valence-corrected chi connectivity index (χ1v) is 8.24. The van der Waals surface area contributed by atoms with Gasteiger partial charge >= 0.3 is 0 Å². The van der Waals surface area contributed by atoms with Crippen LogP contribution in [0, 0.1) is 6.92 Å². The summed E-state index contributed by atoms with van der Waals surface area (Å²) in [5, 5.41) is 3.75. The zero-order valence-corrected chi connectivity index (χ0v) is 14.7. The number of furan rings is 1. The van der Waals surface area contributed by atoms with Crippen molar-refractivity contribution < 1.29 is 9.21 Å². The molecule has 1 N–H and O–H groups in total. The van der Waals surface area contributed by atoms with Gasteiger partial charge in [0, 0.05) is 22.6 Å². The minimum Gasteiger partial charge on any atom is -0.451 e. The zero-order valence-electron chi connectivity index (χ0n) is 13.1. The Labute approximate surface area is 146 Å². The van der Waals surface area contributed by atoms with Crippen LogP contribution < -0.4 is 5.32 Å². The molecule has 5 nitrogen and oxygen atoms in total. The Morgan fingerprint density at radius 3 is 2.88 bits per heavy atom. The van der Waals surface area contributed by atoms with Crippen molar-refractivity contribution in [2.45, 2.75) is 6.92 Å². The summed E-state index contributed by atoms with van der Waals surface area (Å²) in [6, 6.07) is 13.1. The second-order valence-electron chi connectivity index (χ2n) is 5.67. The molecule has 0 aliphatic rings. The SMILES string of the molecule is Cc1nc2cc(NC(=O)c3cc4ccc(Br)cc4o3)ccc2n1C. The normalized spacial score (nSPS) is 11.3. The Morgan fingerprint density at radius 2 is 2.04 bits per heavy atom. The van der Waals surface area contributed by atoms with Crippen LogP contribution in [0.5, 0.6) is 0 Å². The number of aromatic nitrogens is 2. The van der Waals surface area contributed by atoms with Crippen LogP contribution in [-0.4, -0.2) is 15.5 Å². The number of amides is 1. The monoisotopic (exact) mass is 383 g/mol. The first-order valence-electron chi connectivity index (χ1n) is 7.45. The number of rotatable bonds is 2. The van der Waals surface area contributed by atoms with Crippen LogP contribution >= 0.6 is 15.9 Å². The average molecular weight is 384 g/mol. The van der Waals surface area contributed by atoms with Crippen molar-refractivity contribution in [3.05, 3.63) is 58.5 Å². The van der Waals surface area contributed by atoms with Crippen molar-refractivity contribution in [1.29, 1.82) is 0 Å². The van der Waals surface area contributed by atoms with Crippen LogP contribution in [0.4, 0.5) is 5.69 Å². The number of nitrogens with zero attached hydrogens (tertiary/aromatic N) is 2. The van der Waals surface area contributed by atoms with Gasteiger partial charge in [-0.1, -0.05) is 15.9 Å². The van der Waals surface area contributed by atoms with E-state index < -0.39 is 0 Å². The standard InChI is InChI=1S/C18H14BrN3O2/c1-10-20-14-9-13(5-6-15(14)22(10)2)21-18(23)17-7-11-3-4-12(19)8-16(11)24-17/h3-9H,1-2H3,(H,21,23). The average Bonchev–Trinajstić information content (AvgIpc) is 3.08. The van der Waals surface area contributed by atoms with Crippen molar-refractivity contribution in [3.63, 3.8) is 0 Å². The van der Waals surface area contributed by atoms with E-state index in [1.807, 2.05) is 54.9 Å². The first kappa shape index (κ1) is 15.0. The summed E-state index contributed by atoms with van der Waals surface area (Å²) in [5.74, 6) is 0.922. The quantitative estimate of drug-likeness (QED) is 0.548. The molecule has 4 aromatic rings. The van der Waals surface area contributed by atoms with E-state index in [0.29, 0.717) is 11.3 Å². The third-order valence-electron chi connectivity index (χ3n) is 4.07. The maximum atomic E-state index is 12.4. The van der Waals surface area contributed by atoms with Gasteiger partial charge in [0.05, 0.1) is 11.0 Å². The van der Waals surface area contributed by atoms with Gasteiger partial charge < -0.3 is 14.3 Å². The highest BCUT2D eigenvalue weighted by atomic mass is 79.9. The van der Waals surface area contributed by atoms with Crippen LogP contribution in [-0.2, 0) is 7.05 Å². The Balaban J connectivity index is 1.64. The van der Waals surface area contributed by atoms with Crippen LogP contribution in [0.25, 0.3) is 22.0 Å². The maximum Gasteiger partial charge on any atom is 0.291 e. The minimum absolute atomic E-state index is 0.278. The lowest BCUT2D eigenvalue weighted by molar-refractivity contribution is 0.0998. The Morgan fingerprint density at radius 1 is 1.21 bits per heavy atom. The summed E-state index contributed by atoms with van der Waals surface area (Å²) < 4.78 is 8.55. The number of carbonyl (C=O) groups is 1. The Kier molecular flexibility index (Phi) is 3.42. The molecule has 24 heavy (non-hydrogen) atoms. The van der Waals surface area contributed by atoms with Gasteiger partial charge in [0.2, 0.25) is 0 Å². The van der Waals surface area contributed by atoms with Gasteiger partial charge in [0.1, 0.15) is 11.4 Å². The van der Waals surface area contributed by atoms with E-state index in [1.54, 1.807) is 6.07 Å². The van der Waals surface area contributed by atoms with Crippen molar-refractivity contribution in [1.82, 2.24) is 9.55 Å². The molecule has 0 bridgehead atoms. The summed E-state index contributed by atoms with van der Waals surface area (Å²) in [7, 11) is 1.97. The van der Waals surface area contributed by atoms with Gasteiger partial charge in [-0.05, 0) is 49.4 Å². The molecule has 0 aliphatic heterocycles. The van der Waals surface area contributed by atoms with Crippen LogP contribution in [0.2, 0.25) is 0 Å². The largest absolute Gasteiger partial charge is 0.451 e. The Bertz CT molecular complexity index is 1090. The van der Waals surface area contributed by atoms with Crippen molar-refractivity contribution in [2.75, 3.05) is 5.32 Å². The van der Waals surface area contributed by atoms with Crippen molar-refractivity contribution >= 4 is 49.5 Å². The molecule has 6 heteroatoms. The minimum atomic E-state index is -0.283. The molecule has 0 fully saturated rings. The number of hydrogen-bond donors (Lipinski definition) is 1. The van der Waals surface area contributed by atoms with Gasteiger partial charge in [0.25, 0.3) is 5.91 Å². The third kappa shape index (κ3) is 2.49. The number of carbonyl (C=O) groups excluding carboxylic acids is 1. The van der Waals surface area contributed by atoms with Gasteiger partial charge in [-0.2, -0.15) is 0 Å². The number of benzene rings is 2. The Hall–Kier alpha value is -2.60. The van der Waals surface area contributed by atoms with E-state index in [2.05, 4.69) is 26.2 Å². The van der Waals surface area contributed by atoms with Crippen LogP contribution in [0.3, 0.4) is 0 Å². The fraction of sp³-hybridized carbons (Fsp3) is 0.111. The van der Waals surface area contributed by atoms with Gasteiger partial charge in [0.15, 0.2) is 5.76 Å². The van der Waals surface area contributed by atoms with E-state index in [9.17, 15) is 4.79 Å². The number of halogens is 1. The lowest BCUT2D eigenvalue weighted by atomic mass is 10.2. The molecule has 2 aromatic heterocycles. The molecule has 1 amide bonds. The number of fused-ring (bicyclic) bond motifs is 2. The smallest absolute Gasteiger partial charge is 0.291 e. The number of nitrogens with one attached hydrogen (secondary N) is 1. The third-order valence-corrected chi connectivity index (χ3v) is 4.56. The van der Waals surface area contributed by atoms with E-state index >= 15 is 0 Å². The van der Waals surface area contributed by atoms with E-state index in [4.69, 9.17) is 4.42 Å². The number of imidazole rings is 1. The highest BCUT2D eigenvalue weighted by Gasteiger charge is 2.13. The lowest BCUT2D eigenvalue weighted by Crippen LogP contribution is -2.10. The molecular formula is C18H14BrN3O2. The molecular weight excluding hydrogens is 370 g/mol. The molecule has 2 aromatic carbocycles. The summed E-state index contributed by atoms with van der Waals surface area (Å²) >= 11 is 3.39. The molecule has 0 unspecified atom stereocenters. The molecule has 0 saturated carbocycles. The first-order chi connectivity index (χ1) is 11.5. The zero-order chi connectivity index (χ0) is 16.8. The second kappa shape index (κ2) is 5.49. The highest BCUT2D eigenvalue weighted by molar-refractivity contribution is 9.10. The number of anilines is 1. The topological polar surface area (TPSA) is 60.1 Å². The number of aryl methyl sites for hydroxylation is 2. The fourth-order valence-electron chi connectivity index (χ4n) is 2.71.